The first-order valence-electron chi connectivity index (χ1n) is 6.63. The van der Waals surface area contributed by atoms with Gasteiger partial charge in [-0.1, -0.05) is 0 Å². The molecule has 1 unspecified atom stereocenters. The van der Waals surface area contributed by atoms with E-state index < -0.39 is 26.7 Å². The van der Waals surface area contributed by atoms with E-state index in [-0.39, 0.29) is 24.7 Å². The molecule has 1 heterocycles. The highest BCUT2D eigenvalue weighted by Crippen LogP contribution is 2.26. The van der Waals surface area contributed by atoms with Crippen molar-refractivity contribution in [3.05, 3.63) is 24.0 Å². The maximum Gasteiger partial charge on any atom is 0.246 e. The Balaban J connectivity index is 2.28. The third-order valence-electron chi connectivity index (χ3n) is 3.58. The molecule has 0 radical (unpaired) electrons. The number of carbonyl (C=O) groups excluding carboxylic acids is 1. The van der Waals surface area contributed by atoms with Crippen LogP contribution in [0.1, 0.15) is 12.8 Å². The number of hydrogen-bond acceptors (Lipinski definition) is 4. The summed E-state index contributed by atoms with van der Waals surface area (Å²) in [4.78, 5) is 11.3. The lowest BCUT2D eigenvalue weighted by molar-refractivity contribution is -0.125. The first-order chi connectivity index (χ1) is 9.86. The summed E-state index contributed by atoms with van der Waals surface area (Å²) in [5.41, 5.74) is 5.59. The Hall–Kier alpha value is -1.67. The summed E-state index contributed by atoms with van der Waals surface area (Å²) < 4.78 is 40.0. The van der Waals surface area contributed by atoms with E-state index in [0.717, 1.165) is 16.4 Å². The van der Waals surface area contributed by atoms with Crippen LogP contribution in [0.2, 0.25) is 0 Å². The lowest BCUT2D eigenvalue weighted by Gasteiger charge is -2.31. The summed E-state index contributed by atoms with van der Waals surface area (Å²) in [6, 6.07) is 3.48. The second kappa shape index (κ2) is 5.98. The largest absolute Gasteiger partial charge is 0.399 e. The predicted octanol–water partition coefficient (Wildman–Crippen LogP) is 0.555. The Morgan fingerprint density at radius 1 is 1.48 bits per heavy atom. The van der Waals surface area contributed by atoms with Crippen molar-refractivity contribution in [3.8, 4) is 0 Å². The number of nitrogens with zero attached hydrogens (tertiary/aromatic N) is 1. The van der Waals surface area contributed by atoms with Crippen LogP contribution in [0.25, 0.3) is 0 Å². The number of halogens is 1. The average Bonchev–Trinajstić information content (AvgIpc) is 2.46. The molecule has 0 aromatic heterocycles. The second-order valence-electron chi connectivity index (χ2n) is 5.01. The summed E-state index contributed by atoms with van der Waals surface area (Å²) >= 11 is 0. The molecule has 21 heavy (non-hydrogen) atoms. The molecule has 0 saturated carbocycles. The van der Waals surface area contributed by atoms with E-state index in [1.165, 1.54) is 13.1 Å². The highest BCUT2D eigenvalue weighted by Gasteiger charge is 2.34. The van der Waals surface area contributed by atoms with Crippen LogP contribution in [0.15, 0.2) is 23.1 Å². The van der Waals surface area contributed by atoms with E-state index in [1.807, 2.05) is 0 Å². The van der Waals surface area contributed by atoms with Gasteiger partial charge in [0.25, 0.3) is 0 Å². The molecular formula is C13H18FN3O3S. The molecule has 8 heteroatoms. The van der Waals surface area contributed by atoms with Gasteiger partial charge in [0, 0.05) is 25.8 Å². The summed E-state index contributed by atoms with van der Waals surface area (Å²) in [5.74, 6) is -1.49. The molecule has 1 aliphatic heterocycles. The van der Waals surface area contributed by atoms with Crippen molar-refractivity contribution in [2.45, 2.75) is 17.7 Å². The van der Waals surface area contributed by atoms with Crippen LogP contribution < -0.4 is 11.1 Å². The van der Waals surface area contributed by atoms with Crippen LogP contribution in [0.3, 0.4) is 0 Å². The second-order valence-corrected chi connectivity index (χ2v) is 6.91. The molecule has 1 aromatic rings. The molecule has 3 N–H and O–H groups in total. The van der Waals surface area contributed by atoms with E-state index in [1.54, 1.807) is 0 Å². The van der Waals surface area contributed by atoms with Gasteiger partial charge in [-0.05, 0) is 31.0 Å². The lowest BCUT2D eigenvalue weighted by atomic mass is 9.99. The number of nitrogens with one attached hydrogen (secondary N) is 1. The van der Waals surface area contributed by atoms with E-state index in [2.05, 4.69) is 5.32 Å². The van der Waals surface area contributed by atoms with Gasteiger partial charge in [-0.2, -0.15) is 4.31 Å². The number of sulfonamides is 1. The summed E-state index contributed by atoms with van der Waals surface area (Å²) in [6.07, 6.45) is 1.18. The number of carbonyl (C=O) groups is 1. The molecular weight excluding hydrogens is 297 g/mol. The quantitative estimate of drug-likeness (QED) is 0.797. The van der Waals surface area contributed by atoms with Crippen molar-refractivity contribution in [1.29, 1.82) is 0 Å². The third kappa shape index (κ3) is 3.16. The number of piperidine rings is 1. The number of rotatable bonds is 3. The molecule has 1 amide bonds. The van der Waals surface area contributed by atoms with Gasteiger partial charge < -0.3 is 11.1 Å². The van der Waals surface area contributed by atoms with Crippen LogP contribution in [-0.2, 0) is 14.8 Å². The smallest absolute Gasteiger partial charge is 0.246 e. The van der Waals surface area contributed by atoms with Crippen LogP contribution in [0.4, 0.5) is 10.1 Å². The molecule has 116 valence electrons. The minimum absolute atomic E-state index is 0.0613. The van der Waals surface area contributed by atoms with Crippen molar-refractivity contribution >= 4 is 21.6 Å². The zero-order valence-electron chi connectivity index (χ0n) is 11.7. The molecule has 2 rings (SSSR count). The van der Waals surface area contributed by atoms with Crippen LogP contribution in [-0.4, -0.2) is 38.8 Å². The zero-order chi connectivity index (χ0) is 15.6. The Kier molecular flexibility index (Phi) is 4.48. The SMILES string of the molecule is CNC(=O)C1CCCN(S(=O)(=O)c2ccc(N)cc2F)C1. The fourth-order valence-corrected chi connectivity index (χ4v) is 4.01. The minimum atomic E-state index is -3.96. The van der Waals surface area contributed by atoms with Crippen molar-refractivity contribution in [2.75, 3.05) is 25.9 Å². The Labute approximate surface area is 123 Å². The van der Waals surface area contributed by atoms with Gasteiger partial charge in [0.2, 0.25) is 15.9 Å². The first kappa shape index (κ1) is 15.7. The molecule has 0 aliphatic carbocycles. The molecule has 6 nitrogen and oxygen atoms in total. The van der Waals surface area contributed by atoms with Gasteiger partial charge in [0.05, 0.1) is 5.92 Å². The monoisotopic (exact) mass is 315 g/mol. The molecule has 1 saturated heterocycles. The van der Waals surface area contributed by atoms with Crippen molar-refractivity contribution < 1.29 is 17.6 Å². The molecule has 0 spiro atoms. The van der Waals surface area contributed by atoms with E-state index >= 15 is 0 Å². The average molecular weight is 315 g/mol. The molecule has 1 aliphatic rings. The van der Waals surface area contributed by atoms with Gasteiger partial charge in [0.1, 0.15) is 10.7 Å². The Morgan fingerprint density at radius 3 is 2.81 bits per heavy atom. The number of nitrogens with two attached hydrogens (primary N) is 1. The number of benzene rings is 1. The van der Waals surface area contributed by atoms with Gasteiger partial charge in [-0.25, -0.2) is 12.8 Å². The van der Waals surface area contributed by atoms with Crippen LogP contribution in [0.5, 0.6) is 0 Å². The standard InChI is InChI=1S/C13H18FN3O3S/c1-16-13(18)9-3-2-6-17(8-9)21(19,20)12-5-4-10(15)7-11(12)14/h4-5,7,9H,2-3,6,8,15H2,1H3,(H,16,18). The first-order valence-corrected chi connectivity index (χ1v) is 8.07. The fourth-order valence-electron chi connectivity index (χ4n) is 2.44. The maximum absolute atomic E-state index is 13.9. The molecule has 1 atom stereocenters. The van der Waals surface area contributed by atoms with Gasteiger partial charge in [-0.15, -0.1) is 0 Å². The predicted molar refractivity (Wildman–Crippen MR) is 76.4 cm³/mol. The molecule has 1 aromatic carbocycles. The lowest BCUT2D eigenvalue weighted by Crippen LogP contribution is -2.44. The Bertz CT molecular complexity index is 648. The van der Waals surface area contributed by atoms with Gasteiger partial charge >= 0.3 is 0 Å². The number of anilines is 1. The summed E-state index contributed by atoms with van der Waals surface area (Å²) in [7, 11) is -2.45. The van der Waals surface area contributed by atoms with E-state index in [9.17, 15) is 17.6 Å². The zero-order valence-corrected chi connectivity index (χ0v) is 12.5. The number of amides is 1. The van der Waals surface area contributed by atoms with E-state index in [0.29, 0.717) is 12.8 Å². The highest BCUT2D eigenvalue weighted by atomic mass is 32.2. The number of nitrogen functional groups attached to an aromatic ring is 1. The minimum Gasteiger partial charge on any atom is -0.399 e. The van der Waals surface area contributed by atoms with Crippen LogP contribution >= 0.6 is 0 Å². The molecule has 1 fully saturated rings. The maximum atomic E-state index is 13.9. The number of hydrogen-bond donors (Lipinski definition) is 2. The highest BCUT2D eigenvalue weighted by molar-refractivity contribution is 7.89. The third-order valence-corrected chi connectivity index (χ3v) is 5.47. The Morgan fingerprint density at radius 2 is 2.19 bits per heavy atom. The van der Waals surface area contributed by atoms with Gasteiger partial charge in [-0.3, -0.25) is 4.79 Å². The molecule has 0 bridgehead atoms. The van der Waals surface area contributed by atoms with Crippen molar-refractivity contribution in [2.24, 2.45) is 5.92 Å². The topological polar surface area (TPSA) is 92.5 Å². The van der Waals surface area contributed by atoms with Crippen molar-refractivity contribution in [3.63, 3.8) is 0 Å². The van der Waals surface area contributed by atoms with Crippen molar-refractivity contribution in [1.82, 2.24) is 9.62 Å². The summed E-state index contributed by atoms with van der Waals surface area (Å²) in [6.45, 7) is 0.339. The van der Waals surface area contributed by atoms with E-state index in [4.69, 9.17) is 5.73 Å². The van der Waals surface area contributed by atoms with Gasteiger partial charge in [0.15, 0.2) is 0 Å². The summed E-state index contributed by atoms with van der Waals surface area (Å²) in [5, 5.41) is 2.51. The normalized spacial score (nSPS) is 20.2. The fraction of sp³-hybridized carbons (Fsp3) is 0.462. The van der Waals surface area contributed by atoms with Crippen LogP contribution in [0, 0.1) is 11.7 Å².